The monoisotopic (exact) mass is 391 g/mol. The molecule has 1 heterocycles. The normalized spacial score (nSPS) is 9.52. The maximum atomic E-state index is 12.9. The maximum absolute atomic E-state index is 12.9. The maximum Gasteiger partial charge on any atom is 0.221 e. The van der Waals surface area contributed by atoms with Gasteiger partial charge in [0.05, 0.1) is 0 Å². The van der Waals surface area contributed by atoms with Crippen molar-refractivity contribution in [2.45, 2.75) is 10.6 Å². The minimum atomic E-state index is -0.147. The summed E-state index contributed by atoms with van der Waals surface area (Å²) in [6.45, 7) is 0. The lowest BCUT2D eigenvalue weighted by Crippen LogP contribution is -2.18. The first kappa shape index (κ1) is 18.0. The first-order chi connectivity index (χ1) is 10.1. The van der Waals surface area contributed by atoms with Crippen LogP contribution in [0.4, 0.5) is 10.1 Å². The lowest BCUT2D eigenvalue weighted by Gasteiger charge is -2.09. The van der Waals surface area contributed by atoms with Gasteiger partial charge in [-0.2, -0.15) is 0 Å². The van der Waals surface area contributed by atoms with E-state index in [1.807, 2.05) is 25.2 Å². The smallest absolute Gasteiger partial charge is 0.221 e. The Bertz CT molecular complexity index is 580. The van der Waals surface area contributed by atoms with Crippen molar-refractivity contribution in [3.63, 3.8) is 0 Å². The number of hydrogen-bond donors (Lipinski definition) is 3. The summed E-state index contributed by atoms with van der Waals surface area (Å²) in [5.74, 6) is 5.05. The zero-order valence-corrected chi connectivity index (χ0v) is 14.4. The van der Waals surface area contributed by atoms with Crippen molar-refractivity contribution in [2.24, 2.45) is 5.84 Å². The highest BCUT2D eigenvalue weighted by atomic mass is 79.9. The van der Waals surface area contributed by atoms with E-state index in [0.29, 0.717) is 6.41 Å². The number of thiophene rings is 1. The van der Waals surface area contributed by atoms with Gasteiger partial charge in [0.1, 0.15) is 5.82 Å². The van der Waals surface area contributed by atoms with Crippen LogP contribution in [-0.4, -0.2) is 13.5 Å². The third-order valence-corrected chi connectivity index (χ3v) is 5.48. The summed E-state index contributed by atoms with van der Waals surface area (Å²) >= 11 is 6.69. The predicted octanol–water partition coefficient (Wildman–Crippen LogP) is 3.59. The molecule has 0 bridgehead atoms. The fourth-order valence-electron chi connectivity index (χ4n) is 1.43. The van der Waals surface area contributed by atoms with E-state index in [0.717, 1.165) is 25.7 Å². The van der Waals surface area contributed by atoms with Gasteiger partial charge in [0.25, 0.3) is 0 Å². The third kappa shape index (κ3) is 6.04. The average molecular weight is 392 g/mol. The van der Waals surface area contributed by atoms with Gasteiger partial charge in [-0.3, -0.25) is 10.2 Å². The molecule has 0 unspecified atom stereocenters. The third-order valence-electron chi connectivity index (χ3n) is 2.28. The van der Waals surface area contributed by atoms with E-state index in [1.54, 1.807) is 23.3 Å². The Morgan fingerprint density at radius 1 is 1.52 bits per heavy atom. The van der Waals surface area contributed by atoms with E-state index in [4.69, 9.17) is 4.79 Å². The average Bonchev–Trinajstić information content (AvgIpc) is 2.91. The number of anilines is 1. The van der Waals surface area contributed by atoms with Crippen LogP contribution in [0.1, 0.15) is 4.88 Å². The molecule has 0 saturated carbocycles. The summed E-state index contributed by atoms with van der Waals surface area (Å²) in [7, 11) is 1.90. The molecule has 0 saturated heterocycles. The molecule has 21 heavy (non-hydrogen) atoms. The van der Waals surface area contributed by atoms with Gasteiger partial charge in [-0.25, -0.2) is 10.2 Å². The molecular weight excluding hydrogens is 377 g/mol. The lowest BCUT2D eigenvalue weighted by atomic mass is 10.3. The molecule has 0 aliphatic rings. The Kier molecular flexibility index (Phi) is 8.36. The molecule has 114 valence electrons. The second-order valence-electron chi connectivity index (χ2n) is 3.67. The van der Waals surface area contributed by atoms with Crippen molar-refractivity contribution in [3.8, 4) is 0 Å². The Balaban J connectivity index is 0.000000491. The van der Waals surface area contributed by atoms with E-state index in [1.165, 1.54) is 16.7 Å². The molecule has 4 nitrogen and oxygen atoms in total. The van der Waals surface area contributed by atoms with Gasteiger partial charge in [-0.15, -0.1) is 23.1 Å². The molecule has 1 amide bonds. The van der Waals surface area contributed by atoms with E-state index in [9.17, 15) is 4.39 Å². The second kappa shape index (κ2) is 9.78. The zero-order valence-electron chi connectivity index (χ0n) is 11.2. The first-order valence-electron chi connectivity index (χ1n) is 5.84. The van der Waals surface area contributed by atoms with Gasteiger partial charge < -0.3 is 5.32 Å². The molecule has 0 fully saturated rings. The molecule has 0 radical (unpaired) electrons. The largest absolute Gasteiger partial charge is 0.387 e. The number of hydrazine groups is 1. The summed E-state index contributed by atoms with van der Waals surface area (Å²) in [6.07, 6.45) is 0.403. The number of carbonyl (C=O) groups is 1. The van der Waals surface area contributed by atoms with Crippen molar-refractivity contribution in [3.05, 3.63) is 44.8 Å². The first-order valence-corrected chi connectivity index (χ1v) is 8.50. The second-order valence-corrected chi connectivity index (χ2v) is 6.51. The number of thioether (sulfide) groups is 1. The van der Waals surface area contributed by atoms with Crippen molar-refractivity contribution < 1.29 is 9.18 Å². The molecular formula is C13H15BrFN3OS2. The quantitative estimate of drug-likeness (QED) is 0.239. The van der Waals surface area contributed by atoms with Crippen molar-refractivity contribution in [1.82, 2.24) is 5.43 Å². The Labute approximate surface area is 139 Å². The van der Waals surface area contributed by atoms with Crippen LogP contribution >= 0.6 is 39.0 Å². The molecule has 0 aliphatic heterocycles. The van der Waals surface area contributed by atoms with Crippen LogP contribution in [0, 0.1) is 5.82 Å². The number of rotatable bonds is 5. The SMILES string of the molecule is CNc1cccc(Br)c1SCc1cc(F)cs1.NNC=O. The van der Waals surface area contributed by atoms with Gasteiger partial charge >= 0.3 is 0 Å². The van der Waals surface area contributed by atoms with Crippen molar-refractivity contribution in [2.75, 3.05) is 12.4 Å². The van der Waals surface area contributed by atoms with Crippen LogP contribution in [0.25, 0.3) is 0 Å². The van der Waals surface area contributed by atoms with E-state index in [2.05, 4.69) is 27.1 Å². The number of halogens is 2. The van der Waals surface area contributed by atoms with Crippen LogP contribution in [0.3, 0.4) is 0 Å². The molecule has 2 aromatic rings. The van der Waals surface area contributed by atoms with E-state index in [-0.39, 0.29) is 5.82 Å². The highest BCUT2D eigenvalue weighted by Crippen LogP contribution is 2.36. The molecule has 1 aromatic heterocycles. The molecule has 0 aliphatic carbocycles. The zero-order chi connectivity index (χ0) is 15.7. The highest BCUT2D eigenvalue weighted by molar-refractivity contribution is 9.10. The Hall–Kier alpha value is -1.09. The molecule has 4 N–H and O–H groups in total. The van der Waals surface area contributed by atoms with Crippen LogP contribution in [0.15, 0.2) is 39.0 Å². The number of amides is 1. The van der Waals surface area contributed by atoms with Crippen LogP contribution < -0.4 is 16.6 Å². The number of hydrogen-bond acceptors (Lipinski definition) is 5. The summed E-state index contributed by atoms with van der Waals surface area (Å²) in [4.78, 5) is 11.1. The van der Waals surface area contributed by atoms with Crippen LogP contribution in [0.5, 0.6) is 0 Å². The van der Waals surface area contributed by atoms with Crippen LogP contribution in [-0.2, 0) is 10.5 Å². The minimum Gasteiger partial charge on any atom is -0.387 e. The van der Waals surface area contributed by atoms with Crippen molar-refractivity contribution in [1.29, 1.82) is 0 Å². The molecule has 2 rings (SSSR count). The number of nitrogens with two attached hydrogens (primary N) is 1. The van der Waals surface area contributed by atoms with Gasteiger partial charge in [-0.05, 0) is 34.1 Å². The number of benzene rings is 1. The van der Waals surface area contributed by atoms with Gasteiger partial charge in [0, 0.05) is 38.1 Å². The molecule has 0 spiro atoms. The van der Waals surface area contributed by atoms with Crippen LogP contribution in [0.2, 0.25) is 0 Å². The standard InChI is InChI=1S/C12H11BrFNS2.CH4N2O/c1-15-11-4-2-3-10(13)12(11)17-7-9-5-8(14)6-16-9;2-3-1-4/h2-6,15H,7H2,1H3;1H,2H2,(H,3,4). The van der Waals surface area contributed by atoms with Gasteiger partial charge in [-0.1, -0.05) is 6.07 Å². The summed E-state index contributed by atoms with van der Waals surface area (Å²) in [5.41, 5.74) is 2.83. The number of nitrogens with one attached hydrogen (secondary N) is 2. The van der Waals surface area contributed by atoms with Crippen molar-refractivity contribution >= 4 is 51.1 Å². The van der Waals surface area contributed by atoms with E-state index < -0.39 is 0 Å². The molecule has 0 atom stereocenters. The molecule has 1 aromatic carbocycles. The fourth-order valence-corrected chi connectivity index (χ4v) is 4.00. The summed E-state index contributed by atoms with van der Waals surface area (Å²) in [6, 6.07) is 7.62. The Morgan fingerprint density at radius 3 is 2.76 bits per heavy atom. The summed E-state index contributed by atoms with van der Waals surface area (Å²) < 4.78 is 13.9. The lowest BCUT2D eigenvalue weighted by molar-refractivity contribution is -0.109. The Morgan fingerprint density at radius 2 is 2.24 bits per heavy atom. The van der Waals surface area contributed by atoms with Gasteiger partial charge in [0.2, 0.25) is 6.41 Å². The summed E-state index contributed by atoms with van der Waals surface area (Å²) in [5, 5.41) is 4.69. The van der Waals surface area contributed by atoms with E-state index >= 15 is 0 Å². The molecule has 8 heteroatoms. The predicted molar refractivity (Wildman–Crippen MR) is 90.9 cm³/mol. The minimum absolute atomic E-state index is 0.147. The van der Waals surface area contributed by atoms with Gasteiger partial charge in [0.15, 0.2) is 0 Å². The number of carbonyl (C=O) groups excluding carboxylic acids is 1. The highest BCUT2D eigenvalue weighted by Gasteiger charge is 2.07. The fraction of sp³-hybridized carbons (Fsp3) is 0.154. The topological polar surface area (TPSA) is 67.2 Å².